The molecule has 0 unspecified atom stereocenters. The third kappa shape index (κ3) is 2.13. The average molecular weight is 297 g/mol. The number of aromatic nitrogens is 1. The molecule has 0 aliphatic carbocycles. The van der Waals surface area contributed by atoms with Gasteiger partial charge in [-0.15, -0.1) is 0 Å². The zero-order valence-corrected chi connectivity index (χ0v) is 8.94. The van der Waals surface area contributed by atoms with Gasteiger partial charge in [-0.25, -0.2) is 18.6 Å². The summed E-state index contributed by atoms with van der Waals surface area (Å²) in [6.45, 7) is 0. The van der Waals surface area contributed by atoms with Crippen LogP contribution in [0.1, 0.15) is 22.3 Å². The first-order valence-electron chi connectivity index (χ1n) is 3.70. The molecule has 0 bridgehead atoms. The number of carboxylic acid groups (broad SMARTS) is 1. The maximum Gasteiger partial charge on any atom is 0.345 e. The van der Waals surface area contributed by atoms with Crippen LogP contribution in [-0.2, 0) is 0 Å². The van der Waals surface area contributed by atoms with Crippen molar-refractivity contribution in [3.05, 3.63) is 32.0 Å². The Morgan fingerprint density at radius 3 is 2.56 bits per heavy atom. The Morgan fingerprint density at radius 1 is 1.62 bits per heavy atom. The number of aromatic carboxylic acids is 1. The number of halogens is 3. The van der Waals surface area contributed by atoms with Gasteiger partial charge in [-0.3, -0.25) is 10.1 Å². The molecule has 0 radical (unpaired) electrons. The molecular formula is C7H3BrF2N2O4. The Kier molecular flexibility index (Phi) is 3.48. The first kappa shape index (κ1) is 12.4. The van der Waals surface area contributed by atoms with Gasteiger partial charge in [0, 0.05) is 6.20 Å². The van der Waals surface area contributed by atoms with E-state index in [4.69, 9.17) is 5.11 Å². The molecular weight excluding hydrogens is 294 g/mol. The summed E-state index contributed by atoms with van der Waals surface area (Å²) >= 11 is 2.66. The summed E-state index contributed by atoms with van der Waals surface area (Å²) in [4.78, 5) is 23.4. The maximum absolute atomic E-state index is 12.4. The van der Waals surface area contributed by atoms with Crippen molar-refractivity contribution >= 4 is 27.6 Å². The van der Waals surface area contributed by atoms with Crippen molar-refractivity contribution in [3.8, 4) is 0 Å². The van der Waals surface area contributed by atoms with Gasteiger partial charge in [0.2, 0.25) is 0 Å². The van der Waals surface area contributed by atoms with Gasteiger partial charge in [-0.05, 0) is 15.9 Å². The number of carboxylic acids is 1. The lowest BCUT2D eigenvalue weighted by Crippen LogP contribution is -2.08. The number of hydrogen-bond donors (Lipinski definition) is 1. The molecule has 16 heavy (non-hydrogen) atoms. The predicted molar refractivity (Wildman–Crippen MR) is 50.5 cm³/mol. The summed E-state index contributed by atoms with van der Waals surface area (Å²) in [5, 5.41) is 19.2. The lowest BCUT2D eigenvalue weighted by molar-refractivity contribution is -0.386. The van der Waals surface area contributed by atoms with Crippen molar-refractivity contribution in [1.82, 2.24) is 4.98 Å². The second-order valence-electron chi connectivity index (χ2n) is 2.59. The highest BCUT2D eigenvalue weighted by Gasteiger charge is 2.32. The second-order valence-corrected chi connectivity index (χ2v) is 3.34. The number of nitro groups is 1. The Morgan fingerprint density at radius 2 is 2.19 bits per heavy atom. The van der Waals surface area contributed by atoms with E-state index in [9.17, 15) is 23.7 Å². The molecule has 0 atom stereocenters. The van der Waals surface area contributed by atoms with E-state index in [2.05, 4.69) is 20.9 Å². The van der Waals surface area contributed by atoms with Crippen molar-refractivity contribution in [1.29, 1.82) is 0 Å². The van der Waals surface area contributed by atoms with Crippen LogP contribution in [0.3, 0.4) is 0 Å². The highest BCUT2D eigenvalue weighted by atomic mass is 79.9. The monoisotopic (exact) mass is 296 g/mol. The molecule has 1 N–H and O–H groups in total. The summed E-state index contributed by atoms with van der Waals surface area (Å²) in [7, 11) is 0. The fourth-order valence-electron chi connectivity index (χ4n) is 1.04. The van der Waals surface area contributed by atoms with E-state index >= 15 is 0 Å². The van der Waals surface area contributed by atoms with E-state index in [1.165, 1.54) is 0 Å². The highest BCUT2D eigenvalue weighted by Crippen LogP contribution is 2.34. The predicted octanol–water partition coefficient (Wildman–Crippen LogP) is 2.39. The summed E-state index contributed by atoms with van der Waals surface area (Å²) < 4.78 is 24.5. The lowest BCUT2D eigenvalue weighted by Gasteiger charge is -2.05. The van der Waals surface area contributed by atoms with Crippen LogP contribution < -0.4 is 0 Å². The molecule has 0 saturated heterocycles. The number of rotatable bonds is 3. The molecule has 1 heterocycles. The molecule has 1 aromatic heterocycles. The first-order valence-corrected chi connectivity index (χ1v) is 4.49. The molecule has 0 aliphatic heterocycles. The van der Waals surface area contributed by atoms with Crippen LogP contribution in [0.5, 0.6) is 0 Å². The molecule has 1 rings (SSSR count). The van der Waals surface area contributed by atoms with Gasteiger partial charge in [0.05, 0.1) is 4.92 Å². The van der Waals surface area contributed by atoms with E-state index in [0.29, 0.717) is 6.20 Å². The van der Waals surface area contributed by atoms with Gasteiger partial charge in [0.25, 0.3) is 12.1 Å². The summed E-state index contributed by atoms with van der Waals surface area (Å²) in [5.41, 5.74) is -3.06. The van der Waals surface area contributed by atoms with E-state index in [1.54, 1.807) is 0 Å². The van der Waals surface area contributed by atoms with Gasteiger partial charge < -0.3 is 5.11 Å². The van der Waals surface area contributed by atoms with Crippen LogP contribution in [0.4, 0.5) is 14.5 Å². The van der Waals surface area contributed by atoms with E-state index in [0.717, 1.165) is 0 Å². The van der Waals surface area contributed by atoms with Crippen LogP contribution >= 0.6 is 15.9 Å². The third-order valence-corrected chi connectivity index (χ3v) is 2.27. The van der Waals surface area contributed by atoms with Crippen LogP contribution in [0.15, 0.2) is 10.8 Å². The molecule has 0 aliphatic rings. The normalized spacial score (nSPS) is 10.5. The molecule has 9 heteroatoms. The Bertz CT molecular complexity index is 466. The Labute approximate surface area is 95.2 Å². The zero-order valence-electron chi connectivity index (χ0n) is 7.35. The number of alkyl halides is 2. The van der Waals surface area contributed by atoms with Crippen LogP contribution in [-0.4, -0.2) is 21.0 Å². The van der Waals surface area contributed by atoms with Crippen molar-refractivity contribution < 1.29 is 23.6 Å². The largest absolute Gasteiger partial charge is 0.477 e. The summed E-state index contributed by atoms with van der Waals surface area (Å²) in [6.07, 6.45) is -2.60. The fourth-order valence-corrected chi connectivity index (χ4v) is 1.50. The molecule has 0 fully saturated rings. The Balaban J connectivity index is 3.63. The van der Waals surface area contributed by atoms with E-state index in [-0.39, 0.29) is 4.60 Å². The molecule has 6 nitrogen and oxygen atoms in total. The average Bonchev–Trinajstić information content (AvgIpc) is 2.15. The van der Waals surface area contributed by atoms with Crippen LogP contribution in [0.25, 0.3) is 0 Å². The Hall–Kier alpha value is -1.64. The molecule has 0 aromatic carbocycles. The van der Waals surface area contributed by atoms with Crippen molar-refractivity contribution in [2.24, 2.45) is 0 Å². The maximum atomic E-state index is 12.4. The summed E-state index contributed by atoms with van der Waals surface area (Å²) in [6, 6.07) is 0. The number of hydrogen-bond acceptors (Lipinski definition) is 4. The minimum Gasteiger partial charge on any atom is -0.477 e. The topological polar surface area (TPSA) is 93.3 Å². The quantitative estimate of drug-likeness (QED) is 0.525. The highest BCUT2D eigenvalue weighted by molar-refractivity contribution is 9.10. The van der Waals surface area contributed by atoms with Crippen molar-refractivity contribution in [3.63, 3.8) is 0 Å². The standard InChI is InChI=1S/C7H3BrF2N2O4/c8-5-3(7(13)14)4(12(15)16)2(1-11-5)6(9)10/h1,6H,(H,13,14). The SMILES string of the molecule is O=C(O)c1c(Br)ncc(C(F)F)c1[N+](=O)[O-]. The number of nitrogens with zero attached hydrogens (tertiary/aromatic N) is 2. The minimum absolute atomic E-state index is 0.365. The van der Waals surface area contributed by atoms with Crippen molar-refractivity contribution in [2.75, 3.05) is 0 Å². The van der Waals surface area contributed by atoms with Crippen LogP contribution in [0, 0.1) is 10.1 Å². The lowest BCUT2D eigenvalue weighted by atomic mass is 10.1. The fraction of sp³-hybridized carbons (Fsp3) is 0.143. The van der Waals surface area contributed by atoms with Gasteiger partial charge in [0.15, 0.2) is 5.56 Å². The second kappa shape index (κ2) is 4.47. The first-order chi connectivity index (χ1) is 7.36. The molecule has 0 saturated carbocycles. The molecule has 1 aromatic rings. The van der Waals surface area contributed by atoms with Gasteiger partial charge in [-0.2, -0.15) is 0 Å². The smallest absolute Gasteiger partial charge is 0.345 e. The zero-order chi connectivity index (χ0) is 12.5. The van der Waals surface area contributed by atoms with Gasteiger partial charge in [-0.1, -0.05) is 0 Å². The van der Waals surface area contributed by atoms with E-state index in [1.807, 2.05) is 0 Å². The number of pyridine rings is 1. The molecule has 0 spiro atoms. The van der Waals surface area contributed by atoms with E-state index < -0.39 is 34.1 Å². The van der Waals surface area contributed by atoms with Crippen LogP contribution in [0.2, 0.25) is 0 Å². The minimum atomic E-state index is -3.17. The van der Waals surface area contributed by atoms with Crippen molar-refractivity contribution in [2.45, 2.75) is 6.43 Å². The van der Waals surface area contributed by atoms with Gasteiger partial charge in [0.1, 0.15) is 10.2 Å². The molecule has 86 valence electrons. The number of carbonyl (C=O) groups is 1. The molecule has 0 amide bonds. The third-order valence-electron chi connectivity index (χ3n) is 1.67. The summed E-state index contributed by atoms with van der Waals surface area (Å²) in [5.74, 6) is -1.70. The van der Waals surface area contributed by atoms with Gasteiger partial charge >= 0.3 is 5.97 Å².